The zero-order valence-corrected chi connectivity index (χ0v) is 69.3. The van der Waals surface area contributed by atoms with Gasteiger partial charge in [-0.05, 0) is 167 Å². The Bertz CT molecular complexity index is 2660. The highest BCUT2D eigenvalue weighted by Gasteiger charge is 2.30. The molecule has 5 atom stereocenters. The first-order valence-corrected chi connectivity index (χ1v) is 44.7. The molecule has 0 aromatic heterocycles. The number of allylic oxidation sites excluding steroid dienone is 26. The van der Waals surface area contributed by atoms with Gasteiger partial charge in [0.1, 0.15) is 19.3 Å². The molecule has 0 heterocycles. The third-order valence-electron chi connectivity index (χ3n) is 17.0. The number of rotatable bonds is 77. The fraction of sp³-hybridized carbons (Fsp3) is 0.663. The number of carbonyl (C=O) groups is 4. The maximum absolute atomic E-state index is 13.1. The fourth-order valence-electron chi connectivity index (χ4n) is 10.7. The van der Waals surface area contributed by atoms with Crippen LogP contribution in [0.3, 0.4) is 0 Å². The molecule has 3 N–H and O–H groups in total. The molecule has 108 heavy (non-hydrogen) atoms. The topological polar surface area (TPSA) is 237 Å². The predicted molar refractivity (Wildman–Crippen MR) is 445 cm³/mol. The van der Waals surface area contributed by atoms with Crippen LogP contribution in [0.15, 0.2) is 158 Å². The number of carbonyl (C=O) groups excluding carboxylic acids is 4. The van der Waals surface area contributed by atoms with E-state index in [-0.39, 0.29) is 25.7 Å². The minimum Gasteiger partial charge on any atom is -0.462 e. The third kappa shape index (κ3) is 78.8. The molecule has 0 aromatic rings. The van der Waals surface area contributed by atoms with Crippen LogP contribution in [0.1, 0.15) is 323 Å². The maximum Gasteiger partial charge on any atom is 0.472 e. The van der Waals surface area contributed by atoms with Gasteiger partial charge in [-0.15, -0.1) is 0 Å². The molecule has 5 unspecified atom stereocenters. The second-order valence-corrected chi connectivity index (χ2v) is 30.2. The van der Waals surface area contributed by atoms with Crippen LogP contribution in [0, 0.1) is 0 Å². The molecule has 0 saturated carbocycles. The lowest BCUT2D eigenvalue weighted by Gasteiger charge is -2.21. The Morgan fingerprint density at radius 3 is 0.759 bits per heavy atom. The number of aliphatic hydroxyl groups excluding tert-OH is 1. The summed E-state index contributed by atoms with van der Waals surface area (Å²) in [5, 5.41) is 10.7. The molecule has 0 spiro atoms. The molecule has 0 aliphatic heterocycles. The van der Waals surface area contributed by atoms with E-state index in [2.05, 4.69) is 186 Å². The van der Waals surface area contributed by atoms with E-state index in [1.54, 1.807) is 0 Å². The van der Waals surface area contributed by atoms with Gasteiger partial charge in [0.25, 0.3) is 0 Å². The van der Waals surface area contributed by atoms with Crippen LogP contribution >= 0.6 is 15.6 Å². The van der Waals surface area contributed by atoms with Crippen LogP contribution in [0.25, 0.3) is 0 Å². The lowest BCUT2D eigenvalue weighted by atomic mass is 10.1. The highest BCUT2D eigenvalue weighted by atomic mass is 31.2. The standard InChI is InChI=1S/C89H148O17P2/c1-5-9-13-17-21-25-29-33-37-40-41-44-47-50-54-58-62-66-70-74-87(92)100-79-84(105-88(93)75-71-67-63-59-55-51-45-36-32-28-24-20-16-12-8-4)81-103-107(95,96)101-77-83(90)78-102-108(97,98)104-82-85(106-89(94)76-72-68-64-60-56-52-48-43-39-35-31-27-23-19-15-11-7-3)80-99-86(91)73-69-65-61-57-53-49-46-42-38-34-30-26-22-18-14-10-6-2/h10-12,14-16,21-28,33-39,41,44-45,55,59,83-85,90H,5-9,13,17-20,29-32,40,42-43,46-54,56-58,60-82H2,1-4H3,(H,95,96)(H,97,98)/b14-10-,15-11-,16-12-,25-21-,26-22-,27-23-,28-24-,37-33-,38-34-,39-35-,44-41-,45-36-,59-55-. The minimum atomic E-state index is -5.00. The van der Waals surface area contributed by atoms with Gasteiger partial charge in [-0.1, -0.05) is 288 Å². The summed E-state index contributed by atoms with van der Waals surface area (Å²) in [5.41, 5.74) is 0. The quantitative estimate of drug-likeness (QED) is 0.0169. The van der Waals surface area contributed by atoms with Gasteiger partial charge in [0.05, 0.1) is 26.4 Å². The molecule has 0 fully saturated rings. The van der Waals surface area contributed by atoms with Gasteiger partial charge in [0, 0.05) is 25.7 Å². The van der Waals surface area contributed by atoms with Crippen molar-refractivity contribution in [1.82, 2.24) is 0 Å². The van der Waals surface area contributed by atoms with Gasteiger partial charge in [-0.25, -0.2) is 9.13 Å². The van der Waals surface area contributed by atoms with Crippen molar-refractivity contribution in [2.75, 3.05) is 39.6 Å². The lowest BCUT2D eigenvalue weighted by Crippen LogP contribution is -2.30. The van der Waals surface area contributed by atoms with E-state index in [0.717, 1.165) is 218 Å². The Hall–Kier alpha value is -5.32. The summed E-state index contributed by atoms with van der Waals surface area (Å²) in [6.07, 6.45) is 93.5. The molecule has 0 amide bonds. The average Bonchev–Trinajstić information content (AvgIpc) is 0.900. The summed E-state index contributed by atoms with van der Waals surface area (Å²) < 4.78 is 68.7. The van der Waals surface area contributed by atoms with E-state index in [9.17, 15) is 43.2 Å². The maximum atomic E-state index is 13.1. The van der Waals surface area contributed by atoms with E-state index in [1.165, 1.54) is 19.3 Å². The van der Waals surface area contributed by atoms with Crippen molar-refractivity contribution in [3.05, 3.63) is 158 Å². The Morgan fingerprint density at radius 2 is 0.481 bits per heavy atom. The van der Waals surface area contributed by atoms with E-state index in [4.69, 9.17) is 37.0 Å². The van der Waals surface area contributed by atoms with Crippen LogP contribution in [-0.4, -0.2) is 96.7 Å². The van der Waals surface area contributed by atoms with Crippen molar-refractivity contribution >= 4 is 39.5 Å². The van der Waals surface area contributed by atoms with Crippen LogP contribution < -0.4 is 0 Å². The number of esters is 4. The summed E-state index contributed by atoms with van der Waals surface area (Å²) in [5.74, 6) is -2.26. The molecule has 0 aliphatic carbocycles. The Labute approximate surface area is 655 Å². The van der Waals surface area contributed by atoms with Crippen LogP contribution in [0.5, 0.6) is 0 Å². The highest BCUT2D eigenvalue weighted by molar-refractivity contribution is 7.47. The van der Waals surface area contributed by atoms with E-state index < -0.39 is 97.5 Å². The number of ether oxygens (including phenoxy) is 4. The number of hydrogen-bond donors (Lipinski definition) is 3. The van der Waals surface area contributed by atoms with Gasteiger partial charge in [-0.2, -0.15) is 0 Å². The third-order valence-corrected chi connectivity index (χ3v) is 18.9. The summed E-state index contributed by atoms with van der Waals surface area (Å²) in [6.45, 7) is 4.45. The smallest absolute Gasteiger partial charge is 0.462 e. The second-order valence-electron chi connectivity index (χ2n) is 27.3. The van der Waals surface area contributed by atoms with Gasteiger partial charge in [0.15, 0.2) is 12.2 Å². The SMILES string of the molecule is CC/C=C\C/C=C\C/C=C\C/C=C\CCCCC(=O)OC(COC(=O)CCCCCCCC/C=C\C/C=C\C/C=C\CCCCC)COP(=O)(O)OCC(O)COP(=O)(O)OCC(COC(=O)CCCCCCCCC/C=C\C/C=C\C/C=C\CC)OC(=O)CCCCCCCCC/C=C\C/C=C\C/C=C\CC. The minimum absolute atomic E-state index is 0.0351. The summed E-state index contributed by atoms with van der Waals surface area (Å²) >= 11 is 0. The van der Waals surface area contributed by atoms with Gasteiger partial charge in [0.2, 0.25) is 0 Å². The predicted octanol–water partition coefficient (Wildman–Crippen LogP) is 24.8. The number of unbranched alkanes of at least 4 members (excludes halogenated alkanes) is 25. The second kappa shape index (κ2) is 79.8. The van der Waals surface area contributed by atoms with Gasteiger partial charge >= 0.3 is 39.5 Å². The Morgan fingerprint density at radius 1 is 0.269 bits per heavy atom. The van der Waals surface area contributed by atoms with Crippen molar-refractivity contribution in [1.29, 1.82) is 0 Å². The molecule has 0 radical (unpaired) electrons. The molecule has 17 nitrogen and oxygen atoms in total. The van der Waals surface area contributed by atoms with E-state index in [0.29, 0.717) is 32.1 Å². The number of phosphoric acid groups is 2. The molecule has 0 saturated heterocycles. The molecular weight excluding hydrogens is 1400 g/mol. The number of hydrogen-bond acceptors (Lipinski definition) is 15. The van der Waals surface area contributed by atoms with Crippen LogP contribution in [0.4, 0.5) is 0 Å². The largest absolute Gasteiger partial charge is 0.472 e. The van der Waals surface area contributed by atoms with Crippen LogP contribution in [-0.2, 0) is 65.4 Å². The summed E-state index contributed by atoms with van der Waals surface area (Å²) in [7, 11) is -10.00. The first-order valence-electron chi connectivity index (χ1n) is 41.7. The first-order chi connectivity index (χ1) is 52.7. The normalized spacial score (nSPS) is 14.6. The molecule has 616 valence electrons. The molecule has 0 rings (SSSR count). The molecule has 0 aromatic carbocycles. The summed E-state index contributed by atoms with van der Waals surface area (Å²) in [6, 6.07) is 0. The molecular formula is C89H148O17P2. The number of aliphatic hydroxyl groups is 1. The summed E-state index contributed by atoms with van der Waals surface area (Å²) in [4.78, 5) is 73.2. The molecule has 19 heteroatoms. The highest BCUT2D eigenvalue weighted by Crippen LogP contribution is 2.45. The monoisotopic (exact) mass is 1550 g/mol. The van der Waals surface area contributed by atoms with Crippen LogP contribution in [0.2, 0.25) is 0 Å². The van der Waals surface area contributed by atoms with Gasteiger partial charge in [-0.3, -0.25) is 37.3 Å². The molecule has 0 bridgehead atoms. The van der Waals surface area contributed by atoms with Crippen molar-refractivity contribution in [2.45, 2.75) is 341 Å². The van der Waals surface area contributed by atoms with Crippen molar-refractivity contribution in [3.8, 4) is 0 Å². The Kier molecular flexibility index (Phi) is 75.8. The molecule has 0 aliphatic rings. The Balaban J connectivity index is 5.43. The van der Waals surface area contributed by atoms with E-state index >= 15 is 0 Å². The van der Waals surface area contributed by atoms with Crippen molar-refractivity contribution < 1.29 is 80.2 Å². The van der Waals surface area contributed by atoms with Gasteiger partial charge < -0.3 is 33.8 Å². The first kappa shape index (κ1) is 103. The zero-order valence-electron chi connectivity index (χ0n) is 67.5. The fourth-order valence-corrected chi connectivity index (χ4v) is 12.3. The average molecular weight is 1550 g/mol. The van der Waals surface area contributed by atoms with Crippen molar-refractivity contribution in [3.63, 3.8) is 0 Å². The lowest BCUT2D eigenvalue weighted by molar-refractivity contribution is -0.161. The number of phosphoric ester groups is 2. The van der Waals surface area contributed by atoms with E-state index in [1.807, 2.05) is 0 Å². The van der Waals surface area contributed by atoms with Crippen molar-refractivity contribution in [2.24, 2.45) is 0 Å². The zero-order chi connectivity index (χ0) is 78.9.